The maximum Gasteiger partial charge on any atom is 0.294 e. The highest BCUT2D eigenvalue weighted by Crippen LogP contribution is 2.22. The fraction of sp³-hybridized carbons (Fsp3) is 0.360. The number of pyridine rings is 1. The summed E-state index contributed by atoms with van der Waals surface area (Å²) in [4.78, 5) is 39.7. The Morgan fingerprint density at radius 2 is 2.06 bits per heavy atom. The molecule has 4 heterocycles. The molecule has 0 saturated carbocycles. The van der Waals surface area contributed by atoms with E-state index in [1.807, 2.05) is 23.2 Å². The van der Waals surface area contributed by atoms with Crippen LogP contribution < -0.4 is 15.8 Å². The molecule has 0 aliphatic carbocycles. The molecule has 170 valence electrons. The maximum atomic E-state index is 12.8. The molecule has 8 nitrogen and oxygen atoms in total. The largest absolute Gasteiger partial charge is 0.361 e. The van der Waals surface area contributed by atoms with Gasteiger partial charge in [-0.25, -0.2) is 9.97 Å². The number of amides is 1. The molecule has 1 fully saturated rings. The van der Waals surface area contributed by atoms with Gasteiger partial charge in [0.2, 0.25) is 5.91 Å². The van der Waals surface area contributed by atoms with Gasteiger partial charge < -0.3 is 15.2 Å². The summed E-state index contributed by atoms with van der Waals surface area (Å²) in [5, 5.41) is 4.33. The minimum absolute atomic E-state index is 0.0440. The number of aryl methyl sites for hydroxylation is 2. The second-order valence-corrected chi connectivity index (χ2v) is 8.81. The molecule has 1 amide bonds. The van der Waals surface area contributed by atoms with Gasteiger partial charge in [-0.2, -0.15) is 0 Å². The number of carbonyl (C=O) groups excluding carboxylic acids is 1. The highest BCUT2D eigenvalue weighted by molar-refractivity contribution is 5.84. The Hall–Kier alpha value is -3.68. The lowest BCUT2D eigenvalue weighted by Crippen LogP contribution is -2.43. The second-order valence-electron chi connectivity index (χ2n) is 8.81. The van der Waals surface area contributed by atoms with Crippen LogP contribution in [0.15, 0.2) is 47.5 Å². The van der Waals surface area contributed by atoms with Crippen LogP contribution in [0.3, 0.4) is 0 Å². The number of piperidine rings is 1. The summed E-state index contributed by atoms with van der Waals surface area (Å²) in [6.07, 6.45) is 5.88. The molecule has 1 aliphatic heterocycles. The van der Waals surface area contributed by atoms with Crippen molar-refractivity contribution < 1.29 is 4.79 Å². The van der Waals surface area contributed by atoms with E-state index < -0.39 is 0 Å². The van der Waals surface area contributed by atoms with E-state index in [0.29, 0.717) is 49.5 Å². The van der Waals surface area contributed by atoms with Crippen molar-refractivity contribution in [3.05, 3.63) is 64.2 Å². The Labute approximate surface area is 191 Å². The van der Waals surface area contributed by atoms with Crippen molar-refractivity contribution in [2.45, 2.75) is 26.2 Å². The van der Waals surface area contributed by atoms with Crippen molar-refractivity contribution in [2.75, 3.05) is 24.5 Å². The molecule has 33 heavy (non-hydrogen) atoms. The van der Waals surface area contributed by atoms with Crippen LogP contribution in [0, 0.1) is 12.8 Å². The first-order chi connectivity index (χ1) is 16.0. The molecule has 0 bridgehead atoms. The predicted octanol–water partition coefficient (Wildman–Crippen LogP) is 2.69. The van der Waals surface area contributed by atoms with Crippen LogP contribution in [0.25, 0.3) is 22.1 Å². The van der Waals surface area contributed by atoms with Gasteiger partial charge >= 0.3 is 0 Å². The Bertz CT molecular complexity index is 1380. The number of carbonyl (C=O) groups is 1. The van der Waals surface area contributed by atoms with Gasteiger partial charge in [0, 0.05) is 55.9 Å². The van der Waals surface area contributed by atoms with Crippen molar-refractivity contribution in [1.82, 2.24) is 24.8 Å². The van der Waals surface area contributed by atoms with Gasteiger partial charge in [0.25, 0.3) is 5.56 Å². The summed E-state index contributed by atoms with van der Waals surface area (Å²) in [6, 6.07) is 10.0. The average Bonchev–Trinajstić information content (AvgIpc) is 3.23. The highest BCUT2D eigenvalue weighted by atomic mass is 16.2. The van der Waals surface area contributed by atoms with Crippen molar-refractivity contribution >= 4 is 33.8 Å². The van der Waals surface area contributed by atoms with E-state index in [1.165, 1.54) is 16.5 Å². The van der Waals surface area contributed by atoms with Crippen LogP contribution in [0.4, 0.5) is 5.82 Å². The number of rotatable bonds is 5. The molecule has 3 aromatic heterocycles. The van der Waals surface area contributed by atoms with Crippen LogP contribution in [0.2, 0.25) is 0 Å². The minimum atomic E-state index is -0.155. The zero-order valence-electron chi connectivity index (χ0n) is 19.0. The van der Waals surface area contributed by atoms with Gasteiger partial charge in [0.15, 0.2) is 11.5 Å². The summed E-state index contributed by atoms with van der Waals surface area (Å²) in [5.41, 5.74) is 4.69. The molecule has 5 rings (SSSR count). The molecule has 0 unspecified atom stereocenters. The summed E-state index contributed by atoms with van der Waals surface area (Å²) in [6.45, 7) is 3.96. The van der Waals surface area contributed by atoms with Gasteiger partial charge in [-0.15, -0.1) is 0 Å². The fourth-order valence-corrected chi connectivity index (χ4v) is 4.67. The van der Waals surface area contributed by atoms with Crippen molar-refractivity contribution in [1.29, 1.82) is 0 Å². The van der Waals surface area contributed by atoms with Gasteiger partial charge in [0.1, 0.15) is 5.52 Å². The molecule has 0 atom stereocenters. The zero-order valence-corrected chi connectivity index (χ0v) is 19.0. The lowest BCUT2D eigenvalue weighted by molar-refractivity contribution is -0.125. The normalized spacial score (nSPS) is 14.8. The number of hydrogen-bond acceptors (Lipinski definition) is 5. The molecular weight excluding hydrogens is 416 g/mol. The average molecular weight is 445 g/mol. The number of fused-ring (bicyclic) bond motifs is 2. The third kappa shape index (κ3) is 4.08. The van der Waals surface area contributed by atoms with Crippen molar-refractivity contribution in [3.8, 4) is 0 Å². The first-order valence-electron chi connectivity index (χ1n) is 11.4. The number of nitrogens with one attached hydrogen (secondary N) is 2. The van der Waals surface area contributed by atoms with Crippen molar-refractivity contribution in [2.24, 2.45) is 13.0 Å². The van der Waals surface area contributed by atoms with Crippen LogP contribution in [0.5, 0.6) is 0 Å². The molecular formula is C25H28N6O2. The smallest absolute Gasteiger partial charge is 0.294 e. The molecule has 1 aromatic carbocycles. The number of nitrogens with zero attached hydrogens (tertiary/aromatic N) is 4. The Morgan fingerprint density at radius 1 is 1.24 bits per heavy atom. The quantitative estimate of drug-likeness (QED) is 0.493. The molecule has 0 spiro atoms. The van der Waals surface area contributed by atoms with Gasteiger partial charge in [-0.3, -0.25) is 14.2 Å². The Balaban J connectivity index is 1.18. The molecule has 1 saturated heterocycles. The fourth-order valence-electron chi connectivity index (χ4n) is 4.67. The summed E-state index contributed by atoms with van der Waals surface area (Å²) in [5.74, 6) is 0.484. The van der Waals surface area contributed by atoms with E-state index in [1.54, 1.807) is 17.8 Å². The SMILES string of the molecule is Cc1ccc2[nH]cc(CCNC(=O)C3CCN(c4nc5cccnc5n(C)c4=O)CC3)c2c1. The lowest BCUT2D eigenvalue weighted by Gasteiger charge is -2.31. The van der Waals surface area contributed by atoms with Crippen LogP contribution in [0.1, 0.15) is 24.0 Å². The van der Waals surface area contributed by atoms with Crippen LogP contribution >= 0.6 is 0 Å². The van der Waals surface area contributed by atoms with E-state index in [-0.39, 0.29) is 17.4 Å². The van der Waals surface area contributed by atoms with Crippen LogP contribution in [-0.2, 0) is 18.3 Å². The molecule has 4 aromatic rings. The molecule has 1 aliphatic rings. The number of anilines is 1. The van der Waals surface area contributed by atoms with Crippen molar-refractivity contribution in [3.63, 3.8) is 0 Å². The standard InChI is InChI=1S/C25H28N6O2/c1-16-5-6-20-19(14-16)18(15-28-20)7-11-27-24(32)17-8-12-31(13-9-17)23-25(33)30(2)22-21(29-23)4-3-10-26-22/h3-6,10,14-15,17,28H,7-9,11-13H2,1-2H3,(H,27,32). The first kappa shape index (κ1) is 21.2. The Kier molecular flexibility index (Phi) is 5.58. The predicted molar refractivity (Wildman–Crippen MR) is 129 cm³/mol. The van der Waals surface area contributed by atoms with Crippen LogP contribution in [-0.4, -0.2) is 45.1 Å². The molecule has 2 N–H and O–H groups in total. The number of hydrogen-bond donors (Lipinski definition) is 2. The molecule has 8 heteroatoms. The first-order valence-corrected chi connectivity index (χ1v) is 11.4. The van der Waals surface area contributed by atoms with Gasteiger partial charge in [0.05, 0.1) is 0 Å². The maximum absolute atomic E-state index is 12.8. The van der Waals surface area contributed by atoms with E-state index >= 15 is 0 Å². The van der Waals surface area contributed by atoms with Gasteiger partial charge in [-0.1, -0.05) is 11.6 Å². The monoisotopic (exact) mass is 444 g/mol. The second kappa shape index (κ2) is 8.69. The number of H-pyrrole nitrogens is 1. The third-order valence-electron chi connectivity index (χ3n) is 6.59. The number of benzene rings is 1. The van der Waals surface area contributed by atoms with E-state index in [4.69, 9.17) is 0 Å². The summed E-state index contributed by atoms with van der Waals surface area (Å²) < 4.78 is 1.54. The summed E-state index contributed by atoms with van der Waals surface area (Å²) >= 11 is 0. The summed E-state index contributed by atoms with van der Waals surface area (Å²) in [7, 11) is 1.72. The zero-order chi connectivity index (χ0) is 22.9. The third-order valence-corrected chi connectivity index (χ3v) is 6.59. The van der Waals surface area contributed by atoms with E-state index in [9.17, 15) is 9.59 Å². The van der Waals surface area contributed by atoms with E-state index in [2.05, 4.69) is 45.4 Å². The Morgan fingerprint density at radius 3 is 2.88 bits per heavy atom. The number of aromatic nitrogens is 4. The lowest BCUT2D eigenvalue weighted by atomic mass is 9.96. The van der Waals surface area contributed by atoms with E-state index in [0.717, 1.165) is 11.9 Å². The topological polar surface area (TPSA) is 95.9 Å². The van der Waals surface area contributed by atoms with Gasteiger partial charge in [-0.05, 0) is 56.0 Å². The molecule has 0 radical (unpaired) electrons. The minimum Gasteiger partial charge on any atom is -0.361 e. The highest BCUT2D eigenvalue weighted by Gasteiger charge is 2.27. The number of aromatic amines is 1.